The van der Waals surface area contributed by atoms with Crippen molar-refractivity contribution >= 4 is 34.3 Å². The van der Waals surface area contributed by atoms with Gasteiger partial charge in [-0.15, -0.1) is 12.4 Å². The molecule has 0 bridgehead atoms. The predicted octanol–water partition coefficient (Wildman–Crippen LogP) is 2.92. The Labute approximate surface area is 120 Å². The van der Waals surface area contributed by atoms with E-state index in [0.717, 1.165) is 12.1 Å². The summed E-state index contributed by atoms with van der Waals surface area (Å²) >= 11 is 3.10. The second-order valence-electron chi connectivity index (χ2n) is 4.31. The fraction of sp³-hybridized carbons (Fsp3) is 0.417. The van der Waals surface area contributed by atoms with Crippen molar-refractivity contribution in [1.29, 1.82) is 0 Å². The zero-order valence-corrected chi connectivity index (χ0v) is 12.0. The van der Waals surface area contributed by atoms with Crippen molar-refractivity contribution in [2.75, 3.05) is 13.1 Å². The summed E-state index contributed by atoms with van der Waals surface area (Å²) in [6.45, 7) is 1.91. The summed E-state index contributed by atoms with van der Waals surface area (Å²) in [5.41, 5.74) is 0.872. The third-order valence-corrected chi connectivity index (χ3v) is 3.65. The molecule has 2 rings (SSSR count). The Balaban J connectivity index is 0.00000162. The van der Waals surface area contributed by atoms with Crippen LogP contribution in [-0.4, -0.2) is 29.1 Å². The molecule has 1 fully saturated rings. The van der Waals surface area contributed by atoms with Gasteiger partial charge in [0, 0.05) is 13.1 Å². The van der Waals surface area contributed by atoms with Gasteiger partial charge in [0.25, 0.3) is 0 Å². The van der Waals surface area contributed by atoms with Gasteiger partial charge in [0.2, 0.25) is 0 Å². The monoisotopic (exact) mass is 337 g/mol. The van der Waals surface area contributed by atoms with Crippen molar-refractivity contribution in [1.82, 2.24) is 4.90 Å². The molecule has 3 nitrogen and oxygen atoms in total. The van der Waals surface area contributed by atoms with Gasteiger partial charge in [-0.1, -0.05) is 6.07 Å². The van der Waals surface area contributed by atoms with Crippen molar-refractivity contribution in [2.45, 2.75) is 13.0 Å². The number of carboxylic acid groups (broad SMARTS) is 1. The highest BCUT2D eigenvalue weighted by Gasteiger charge is 2.27. The van der Waals surface area contributed by atoms with Gasteiger partial charge in [-0.05, 0) is 46.6 Å². The minimum Gasteiger partial charge on any atom is -0.481 e. The number of aliphatic carboxylic acids is 1. The van der Waals surface area contributed by atoms with E-state index in [2.05, 4.69) is 15.9 Å². The molecule has 0 amide bonds. The molecule has 18 heavy (non-hydrogen) atoms. The minimum absolute atomic E-state index is 0. The van der Waals surface area contributed by atoms with Gasteiger partial charge in [-0.2, -0.15) is 0 Å². The number of benzene rings is 1. The molecule has 0 aromatic heterocycles. The molecule has 1 saturated heterocycles. The fourth-order valence-corrected chi connectivity index (χ4v) is 2.32. The maximum Gasteiger partial charge on any atom is 0.307 e. The molecule has 1 aliphatic rings. The second-order valence-corrected chi connectivity index (χ2v) is 5.16. The molecule has 1 aromatic carbocycles. The summed E-state index contributed by atoms with van der Waals surface area (Å²) in [6.07, 6.45) is 0.675. The predicted molar refractivity (Wildman–Crippen MR) is 72.4 cm³/mol. The molecule has 0 saturated carbocycles. The highest BCUT2D eigenvalue weighted by Crippen LogP contribution is 2.21. The summed E-state index contributed by atoms with van der Waals surface area (Å²) in [5, 5.41) is 8.88. The molecule has 6 heteroatoms. The van der Waals surface area contributed by atoms with Crippen molar-refractivity contribution in [3.05, 3.63) is 34.1 Å². The molecule has 1 atom stereocenters. The lowest BCUT2D eigenvalue weighted by Gasteiger charge is -2.15. The maximum absolute atomic E-state index is 13.3. The van der Waals surface area contributed by atoms with Crippen LogP contribution in [0.15, 0.2) is 22.7 Å². The quantitative estimate of drug-likeness (QED) is 0.921. The molecule has 1 heterocycles. The number of nitrogens with zero attached hydrogens (tertiary/aromatic N) is 1. The number of rotatable bonds is 3. The van der Waals surface area contributed by atoms with Crippen LogP contribution in [0.5, 0.6) is 0 Å². The zero-order chi connectivity index (χ0) is 12.4. The van der Waals surface area contributed by atoms with Crippen LogP contribution in [0.4, 0.5) is 4.39 Å². The Morgan fingerprint density at radius 3 is 2.83 bits per heavy atom. The Morgan fingerprint density at radius 2 is 2.28 bits per heavy atom. The Morgan fingerprint density at radius 1 is 1.56 bits per heavy atom. The highest BCUT2D eigenvalue weighted by atomic mass is 79.9. The Bertz CT molecular complexity index is 444. The molecular formula is C12H14BrClFNO2. The molecule has 1 unspecified atom stereocenters. The number of hydrogen-bond acceptors (Lipinski definition) is 2. The first-order valence-corrected chi connectivity index (χ1v) is 6.24. The maximum atomic E-state index is 13.3. The van der Waals surface area contributed by atoms with Gasteiger partial charge < -0.3 is 5.11 Å². The van der Waals surface area contributed by atoms with Gasteiger partial charge in [0.05, 0.1) is 10.4 Å². The van der Waals surface area contributed by atoms with Gasteiger partial charge >= 0.3 is 5.97 Å². The van der Waals surface area contributed by atoms with Crippen LogP contribution in [0, 0.1) is 11.7 Å². The topological polar surface area (TPSA) is 40.5 Å². The van der Waals surface area contributed by atoms with Crippen molar-refractivity contribution in [2.24, 2.45) is 5.92 Å². The lowest BCUT2D eigenvalue weighted by atomic mass is 10.1. The van der Waals surface area contributed by atoms with E-state index < -0.39 is 5.97 Å². The standard InChI is InChI=1S/C12H13BrFNO2.ClH/c13-10-2-1-8(5-11(10)14)6-15-4-3-9(7-15)12(16)17;/h1-2,5,9H,3-4,6-7H2,(H,16,17);1H. The lowest BCUT2D eigenvalue weighted by Crippen LogP contribution is -2.22. The van der Waals surface area contributed by atoms with Gasteiger partial charge in [-0.3, -0.25) is 9.69 Å². The molecule has 1 aliphatic heterocycles. The normalized spacial score (nSPS) is 19.6. The van der Waals surface area contributed by atoms with Gasteiger partial charge in [0.1, 0.15) is 5.82 Å². The Kier molecular flexibility index (Phi) is 5.56. The van der Waals surface area contributed by atoms with E-state index in [1.807, 2.05) is 11.0 Å². The van der Waals surface area contributed by atoms with Crippen LogP contribution >= 0.6 is 28.3 Å². The molecule has 1 aromatic rings. The van der Waals surface area contributed by atoms with E-state index in [4.69, 9.17) is 5.11 Å². The lowest BCUT2D eigenvalue weighted by molar-refractivity contribution is -0.141. The molecule has 0 radical (unpaired) electrons. The van der Waals surface area contributed by atoms with Gasteiger partial charge in [0.15, 0.2) is 0 Å². The zero-order valence-electron chi connectivity index (χ0n) is 9.60. The highest BCUT2D eigenvalue weighted by molar-refractivity contribution is 9.10. The summed E-state index contributed by atoms with van der Waals surface area (Å²) in [7, 11) is 0. The number of hydrogen-bond donors (Lipinski definition) is 1. The second kappa shape index (κ2) is 6.50. The number of halogens is 3. The first-order valence-electron chi connectivity index (χ1n) is 5.45. The van der Waals surface area contributed by atoms with Gasteiger partial charge in [-0.25, -0.2) is 4.39 Å². The van der Waals surface area contributed by atoms with Crippen molar-refractivity contribution in [3.63, 3.8) is 0 Å². The van der Waals surface area contributed by atoms with Crippen molar-refractivity contribution in [3.8, 4) is 0 Å². The summed E-state index contributed by atoms with van der Waals surface area (Å²) in [6, 6.07) is 5.01. The molecule has 0 spiro atoms. The smallest absolute Gasteiger partial charge is 0.307 e. The minimum atomic E-state index is -0.741. The average molecular weight is 339 g/mol. The first-order chi connectivity index (χ1) is 8.06. The Hall–Kier alpha value is -0.650. The third kappa shape index (κ3) is 3.67. The summed E-state index contributed by atoms with van der Waals surface area (Å²) in [5.74, 6) is -1.30. The van der Waals surface area contributed by atoms with E-state index in [0.29, 0.717) is 24.0 Å². The van der Waals surface area contributed by atoms with E-state index >= 15 is 0 Å². The number of likely N-dealkylation sites (tertiary alicyclic amines) is 1. The van der Waals surface area contributed by atoms with E-state index in [-0.39, 0.29) is 24.1 Å². The molecule has 0 aliphatic carbocycles. The molecular weight excluding hydrogens is 324 g/mol. The van der Waals surface area contributed by atoms with E-state index in [9.17, 15) is 9.18 Å². The SMILES string of the molecule is Cl.O=C(O)C1CCN(Cc2ccc(Br)c(F)c2)C1. The average Bonchev–Trinajstić information content (AvgIpc) is 2.72. The summed E-state index contributed by atoms with van der Waals surface area (Å²) in [4.78, 5) is 12.8. The van der Waals surface area contributed by atoms with Crippen molar-refractivity contribution < 1.29 is 14.3 Å². The largest absolute Gasteiger partial charge is 0.481 e. The van der Waals surface area contributed by atoms with Crippen LogP contribution < -0.4 is 0 Å². The summed E-state index contributed by atoms with van der Waals surface area (Å²) < 4.78 is 13.7. The first kappa shape index (κ1) is 15.4. The van der Waals surface area contributed by atoms with E-state index in [1.165, 1.54) is 6.07 Å². The van der Waals surface area contributed by atoms with Crippen LogP contribution in [0.25, 0.3) is 0 Å². The van der Waals surface area contributed by atoms with Crippen LogP contribution in [-0.2, 0) is 11.3 Å². The van der Waals surface area contributed by atoms with Crippen LogP contribution in [0.2, 0.25) is 0 Å². The molecule has 1 N–H and O–H groups in total. The third-order valence-electron chi connectivity index (χ3n) is 3.01. The van der Waals surface area contributed by atoms with Crippen LogP contribution in [0.1, 0.15) is 12.0 Å². The van der Waals surface area contributed by atoms with E-state index in [1.54, 1.807) is 6.07 Å². The molecule has 100 valence electrons. The van der Waals surface area contributed by atoms with Crippen LogP contribution in [0.3, 0.4) is 0 Å². The number of carboxylic acids is 1. The fourth-order valence-electron chi connectivity index (χ4n) is 2.07. The number of carbonyl (C=O) groups is 1.